The quantitative estimate of drug-likeness (QED) is 0.820. The maximum atomic E-state index is 5.99. The number of fused-ring (bicyclic) bond motifs is 1. The molecule has 1 N–H and O–H groups in total. The van der Waals surface area contributed by atoms with Gasteiger partial charge in [0.05, 0.1) is 18.6 Å². The molecular formula is C16H21N3O. The van der Waals surface area contributed by atoms with Gasteiger partial charge in [0, 0.05) is 19.2 Å². The van der Waals surface area contributed by atoms with Crippen LogP contribution in [0.3, 0.4) is 0 Å². The normalized spacial score (nSPS) is 16.9. The van der Waals surface area contributed by atoms with Gasteiger partial charge in [0.2, 0.25) is 0 Å². The minimum absolute atomic E-state index is 0.214. The Labute approximate surface area is 119 Å². The molecule has 2 heterocycles. The van der Waals surface area contributed by atoms with Crippen molar-refractivity contribution in [3.05, 3.63) is 48.0 Å². The van der Waals surface area contributed by atoms with E-state index in [2.05, 4.69) is 33.9 Å². The lowest BCUT2D eigenvalue weighted by atomic mass is 10.1. The topological polar surface area (TPSA) is 39.1 Å². The molecule has 0 saturated heterocycles. The second-order valence-electron chi connectivity index (χ2n) is 5.27. The number of imidazole rings is 1. The van der Waals surface area contributed by atoms with Gasteiger partial charge in [0.25, 0.3) is 0 Å². The van der Waals surface area contributed by atoms with Crippen molar-refractivity contribution in [1.29, 1.82) is 0 Å². The van der Waals surface area contributed by atoms with Crippen LogP contribution in [0.2, 0.25) is 0 Å². The monoisotopic (exact) mass is 271 g/mol. The van der Waals surface area contributed by atoms with Gasteiger partial charge in [-0.05, 0) is 24.6 Å². The molecule has 20 heavy (non-hydrogen) atoms. The zero-order valence-electron chi connectivity index (χ0n) is 11.9. The molecule has 4 nitrogen and oxygen atoms in total. The first-order valence-electron chi connectivity index (χ1n) is 7.31. The average molecular weight is 271 g/mol. The number of ether oxygens (including phenoxy) is 1. The van der Waals surface area contributed by atoms with Crippen LogP contribution in [0.1, 0.15) is 24.6 Å². The van der Waals surface area contributed by atoms with E-state index in [1.807, 2.05) is 24.7 Å². The van der Waals surface area contributed by atoms with Crippen molar-refractivity contribution in [2.75, 3.05) is 6.54 Å². The Balaban J connectivity index is 1.61. The lowest BCUT2D eigenvalue weighted by Gasteiger charge is -2.14. The number of para-hydroxylation sites is 1. The number of rotatable bonds is 6. The summed E-state index contributed by atoms with van der Waals surface area (Å²) < 4.78 is 8.19. The third kappa shape index (κ3) is 2.85. The van der Waals surface area contributed by atoms with Gasteiger partial charge in [-0.25, -0.2) is 4.98 Å². The van der Waals surface area contributed by atoms with E-state index >= 15 is 0 Å². The Hall–Kier alpha value is -1.81. The van der Waals surface area contributed by atoms with Crippen LogP contribution in [-0.4, -0.2) is 22.2 Å². The van der Waals surface area contributed by atoms with Crippen LogP contribution < -0.4 is 10.1 Å². The van der Waals surface area contributed by atoms with E-state index in [4.69, 9.17) is 4.74 Å². The first-order chi connectivity index (χ1) is 9.86. The summed E-state index contributed by atoms with van der Waals surface area (Å²) in [5.74, 6) is 1.03. The third-order valence-corrected chi connectivity index (χ3v) is 3.65. The number of benzene rings is 1. The molecule has 0 radical (unpaired) electrons. The molecule has 0 bridgehead atoms. The highest BCUT2D eigenvalue weighted by molar-refractivity contribution is 5.37. The smallest absolute Gasteiger partial charge is 0.123 e. The van der Waals surface area contributed by atoms with Gasteiger partial charge in [-0.15, -0.1) is 0 Å². The van der Waals surface area contributed by atoms with Gasteiger partial charge in [-0.3, -0.25) is 0 Å². The van der Waals surface area contributed by atoms with Crippen LogP contribution in [0.4, 0.5) is 0 Å². The van der Waals surface area contributed by atoms with Gasteiger partial charge in [-0.1, -0.05) is 25.1 Å². The van der Waals surface area contributed by atoms with Gasteiger partial charge < -0.3 is 14.6 Å². The average Bonchev–Trinajstić information content (AvgIpc) is 3.06. The molecular weight excluding hydrogens is 250 g/mol. The summed E-state index contributed by atoms with van der Waals surface area (Å²) in [6.07, 6.45) is 6.18. The van der Waals surface area contributed by atoms with Crippen molar-refractivity contribution in [2.24, 2.45) is 0 Å². The Morgan fingerprint density at radius 1 is 1.40 bits per heavy atom. The molecule has 106 valence electrons. The number of nitrogens with zero attached hydrogens (tertiary/aromatic N) is 2. The largest absolute Gasteiger partial charge is 0.488 e. The molecule has 2 aromatic rings. The summed E-state index contributed by atoms with van der Waals surface area (Å²) in [5, 5.41) is 3.42. The molecule has 4 heteroatoms. The van der Waals surface area contributed by atoms with E-state index in [1.165, 1.54) is 11.3 Å². The van der Waals surface area contributed by atoms with Crippen molar-refractivity contribution >= 4 is 0 Å². The minimum Gasteiger partial charge on any atom is -0.488 e. The fourth-order valence-corrected chi connectivity index (χ4v) is 2.63. The summed E-state index contributed by atoms with van der Waals surface area (Å²) in [4.78, 5) is 4.26. The minimum atomic E-state index is 0.214. The third-order valence-electron chi connectivity index (χ3n) is 3.65. The van der Waals surface area contributed by atoms with Crippen LogP contribution in [0.25, 0.3) is 0 Å². The Morgan fingerprint density at radius 3 is 3.15 bits per heavy atom. The molecule has 0 fully saturated rings. The molecule has 1 aliphatic rings. The molecule has 1 atom stereocenters. The predicted molar refractivity (Wildman–Crippen MR) is 78.8 cm³/mol. The van der Waals surface area contributed by atoms with E-state index in [9.17, 15) is 0 Å². The molecule has 1 unspecified atom stereocenters. The fourth-order valence-electron chi connectivity index (χ4n) is 2.63. The Morgan fingerprint density at radius 2 is 2.30 bits per heavy atom. The van der Waals surface area contributed by atoms with E-state index in [-0.39, 0.29) is 6.10 Å². The standard InChI is InChI=1S/C16H21N3O/c1-2-7-17-9-14-10-18-12-19(14)11-15-8-13-5-3-4-6-16(13)20-15/h3-6,10,12,15,17H,2,7-9,11H2,1H3. The highest BCUT2D eigenvalue weighted by atomic mass is 16.5. The first-order valence-corrected chi connectivity index (χ1v) is 7.31. The van der Waals surface area contributed by atoms with E-state index in [0.717, 1.165) is 38.2 Å². The maximum Gasteiger partial charge on any atom is 0.123 e. The molecule has 3 rings (SSSR count). The second-order valence-corrected chi connectivity index (χ2v) is 5.27. The van der Waals surface area contributed by atoms with Crippen LogP contribution in [0, 0.1) is 0 Å². The Bertz CT molecular complexity index is 539. The van der Waals surface area contributed by atoms with Crippen molar-refractivity contribution in [1.82, 2.24) is 14.9 Å². The van der Waals surface area contributed by atoms with Crippen LogP contribution >= 0.6 is 0 Å². The highest BCUT2D eigenvalue weighted by Gasteiger charge is 2.23. The number of nitrogens with one attached hydrogen (secondary N) is 1. The zero-order chi connectivity index (χ0) is 13.8. The van der Waals surface area contributed by atoms with E-state index < -0.39 is 0 Å². The molecule has 1 aliphatic heterocycles. The lowest BCUT2D eigenvalue weighted by molar-refractivity contribution is 0.207. The van der Waals surface area contributed by atoms with Crippen molar-refractivity contribution < 1.29 is 4.74 Å². The van der Waals surface area contributed by atoms with Crippen molar-refractivity contribution in [3.8, 4) is 5.75 Å². The molecule has 1 aromatic carbocycles. The van der Waals surface area contributed by atoms with Gasteiger partial charge in [0.1, 0.15) is 11.9 Å². The van der Waals surface area contributed by atoms with Crippen molar-refractivity contribution in [2.45, 2.75) is 39.0 Å². The molecule has 0 aliphatic carbocycles. The second kappa shape index (κ2) is 6.09. The Kier molecular flexibility index (Phi) is 4.02. The molecule has 0 saturated carbocycles. The van der Waals surface area contributed by atoms with Crippen LogP contribution in [-0.2, 0) is 19.5 Å². The van der Waals surface area contributed by atoms with Crippen LogP contribution in [0.5, 0.6) is 5.75 Å². The van der Waals surface area contributed by atoms with Gasteiger partial charge in [0.15, 0.2) is 0 Å². The summed E-state index contributed by atoms with van der Waals surface area (Å²) in [7, 11) is 0. The van der Waals surface area contributed by atoms with Crippen molar-refractivity contribution in [3.63, 3.8) is 0 Å². The summed E-state index contributed by atoms with van der Waals surface area (Å²) in [6, 6.07) is 8.29. The summed E-state index contributed by atoms with van der Waals surface area (Å²) >= 11 is 0. The van der Waals surface area contributed by atoms with E-state index in [1.54, 1.807) is 0 Å². The first kappa shape index (κ1) is 13.2. The highest BCUT2D eigenvalue weighted by Crippen LogP contribution is 2.28. The SMILES string of the molecule is CCCNCc1cncn1CC1Cc2ccccc2O1. The molecule has 1 aromatic heterocycles. The molecule has 0 spiro atoms. The number of hydrogen-bond acceptors (Lipinski definition) is 3. The van der Waals surface area contributed by atoms with Crippen LogP contribution in [0.15, 0.2) is 36.8 Å². The molecule has 0 amide bonds. The lowest BCUT2D eigenvalue weighted by Crippen LogP contribution is -2.23. The summed E-state index contributed by atoms with van der Waals surface area (Å²) in [5.41, 5.74) is 2.53. The number of hydrogen-bond donors (Lipinski definition) is 1. The maximum absolute atomic E-state index is 5.99. The predicted octanol–water partition coefficient (Wildman–Crippen LogP) is 2.39. The van der Waals surface area contributed by atoms with Gasteiger partial charge >= 0.3 is 0 Å². The zero-order valence-corrected chi connectivity index (χ0v) is 11.9. The van der Waals surface area contributed by atoms with Gasteiger partial charge in [-0.2, -0.15) is 0 Å². The number of aromatic nitrogens is 2. The summed E-state index contributed by atoms with van der Waals surface area (Å²) in [6.45, 7) is 4.94. The fraction of sp³-hybridized carbons (Fsp3) is 0.438. The van der Waals surface area contributed by atoms with E-state index in [0.29, 0.717) is 0 Å².